The molecule has 4 aliphatic carbocycles. The number of hydrogen-bond acceptors (Lipinski definition) is 8. The lowest BCUT2D eigenvalue weighted by atomic mass is 9.59. The van der Waals surface area contributed by atoms with Crippen molar-refractivity contribution in [3.05, 3.63) is 40.3 Å². The zero-order chi connectivity index (χ0) is 28.4. The van der Waals surface area contributed by atoms with Gasteiger partial charge in [0.15, 0.2) is 23.3 Å². The number of ketones is 1. The average Bonchev–Trinajstić information content (AvgIpc) is 3.10. The van der Waals surface area contributed by atoms with Crippen LogP contribution in [0.1, 0.15) is 89.5 Å². The van der Waals surface area contributed by atoms with Gasteiger partial charge in [0.1, 0.15) is 23.1 Å². The van der Waals surface area contributed by atoms with Crippen LogP contribution in [0.15, 0.2) is 27.8 Å². The van der Waals surface area contributed by atoms with E-state index in [9.17, 15) is 14.7 Å². The summed E-state index contributed by atoms with van der Waals surface area (Å²) in [6, 6.07) is 0. The fourth-order valence-corrected chi connectivity index (χ4v) is 8.50. The number of aliphatic hydroxyl groups is 1. The van der Waals surface area contributed by atoms with E-state index in [1.165, 1.54) is 0 Å². The summed E-state index contributed by atoms with van der Waals surface area (Å²) < 4.78 is 24.1. The first-order valence-electron chi connectivity index (χ1n) is 14.2. The molecule has 2 heterocycles. The number of fused-ring (bicyclic) bond motifs is 5. The van der Waals surface area contributed by atoms with Gasteiger partial charge in [0.25, 0.3) is 0 Å². The van der Waals surface area contributed by atoms with Gasteiger partial charge in [-0.2, -0.15) is 0 Å². The number of carbonyl (C=O) groups is 2. The first-order valence-corrected chi connectivity index (χ1v) is 14.2. The first-order chi connectivity index (χ1) is 18.1. The van der Waals surface area contributed by atoms with Crippen LogP contribution in [0.5, 0.6) is 0 Å². The third-order valence-corrected chi connectivity index (χ3v) is 10.5. The van der Waals surface area contributed by atoms with E-state index in [1.807, 2.05) is 32.9 Å². The molecule has 1 spiro atoms. The van der Waals surface area contributed by atoms with Crippen LogP contribution in [0.3, 0.4) is 0 Å². The fourth-order valence-electron chi connectivity index (χ4n) is 8.50. The maximum absolute atomic E-state index is 14.8. The number of aromatic nitrogens is 1. The molecule has 0 radical (unpaired) electrons. The van der Waals surface area contributed by atoms with Crippen molar-refractivity contribution in [3.8, 4) is 0 Å². The SMILES string of the molecule is CC1=C[C@]23C(=O)[C@@H](C=C4COC(C)(C)O[C@H]4[C@]2(O)[C@H]1OC(=O)c1c(C(C)C)noc1C)[C@H]1[C@@H](C[C@H]3C)C1(C)C. The number of carbonyl (C=O) groups excluding carboxylic acids is 2. The van der Waals surface area contributed by atoms with E-state index in [-0.39, 0.29) is 47.0 Å². The second-order valence-corrected chi connectivity index (χ2v) is 13.9. The van der Waals surface area contributed by atoms with Crippen LogP contribution in [0, 0.1) is 41.4 Å². The number of rotatable bonds is 3. The van der Waals surface area contributed by atoms with Gasteiger partial charge in [-0.1, -0.05) is 51.9 Å². The van der Waals surface area contributed by atoms with E-state index < -0.39 is 35.0 Å². The molecular formula is C31H41NO7. The Morgan fingerprint density at radius 1 is 1.21 bits per heavy atom. The Bertz CT molecular complexity index is 1320. The van der Waals surface area contributed by atoms with Crippen molar-refractivity contribution in [2.45, 2.75) is 98.2 Å². The minimum Gasteiger partial charge on any atom is -0.451 e. The number of Topliss-reactive ketones (excluding diaryl/α,β-unsaturated/α-hetero) is 1. The highest BCUT2D eigenvalue weighted by Gasteiger charge is 2.77. The van der Waals surface area contributed by atoms with Crippen molar-refractivity contribution in [1.29, 1.82) is 0 Å². The molecule has 2 saturated carbocycles. The van der Waals surface area contributed by atoms with Crippen molar-refractivity contribution in [2.24, 2.45) is 34.5 Å². The molecule has 0 unspecified atom stereocenters. The Labute approximate surface area is 230 Å². The summed E-state index contributed by atoms with van der Waals surface area (Å²) in [5.74, 6) is -1.37. The number of ether oxygens (including phenoxy) is 3. The second-order valence-electron chi connectivity index (χ2n) is 13.9. The lowest BCUT2D eigenvalue weighted by molar-refractivity contribution is -0.302. The summed E-state index contributed by atoms with van der Waals surface area (Å²) in [4.78, 5) is 28.6. The van der Waals surface area contributed by atoms with Crippen LogP contribution >= 0.6 is 0 Å². The molecule has 0 amide bonds. The third kappa shape index (κ3) is 3.37. The molecule has 2 bridgehead atoms. The van der Waals surface area contributed by atoms with Gasteiger partial charge in [-0.05, 0) is 74.3 Å². The summed E-state index contributed by atoms with van der Waals surface area (Å²) in [7, 11) is 0. The van der Waals surface area contributed by atoms with Gasteiger partial charge in [-0.3, -0.25) is 4.79 Å². The quantitative estimate of drug-likeness (QED) is 0.427. The van der Waals surface area contributed by atoms with Crippen LogP contribution in [-0.2, 0) is 19.0 Å². The molecule has 5 aliphatic rings. The Kier molecular flexibility index (Phi) is 5.61. The first kappa shape index (κ1) is 26.9. The second kappa shape index (κ2) is 8.14. The summed E-state index contributed by atoms with van der Waals surface area (Å²) in [6.07, 6.45) is 2.71. The summed E-state index contributed by atoms with van der Waals surface area (Å²) in [6.45, 7) is 17.7. The lowest BCUT2D eigenvalue weighted by Gasteiger charge is -2.52. The largest absolute Gasteiger partial charge is 0.451 e. The Morgan fingerprint density at radius 2 is 1.90 bits per heavy atom. The zero-order valence-corrected chi connectivity index (χ0v) is 24.5. The third-order valence-electron chi connectivity index (χ3n) is 10.5. The van der Waals surface area contributed by atoms with Gasteiger partial charge < -0.3 is 23.8 Å². The van der Waals surface area contributed by atoms with Crippen molar-refractivity contribution in [2.75, 3.05) is 6.61 Å². The number of hydrogen-bond donors (Lipinski definition) is 1. The van der Waals surface area contributed by atoms with Crippen LogP contribution in [0.4, 0.5) is 0 Å². The molecular weight excluding hydrogens is 498 g/mol. The lowest BCUT2D eigenvalue weighted by Crippen LogP contribution is -2.68. The van der Waals surface area contributed by atoms with Gasteiger partial charge in [0.05, 0.1) is 12.0 Å². The molecule has 39 heavy (non-hydrogen) atoms. The highest BCUT2D eigenvalue weighted by molar-refractivity contribution is 5.96. The normalized spacial score (nSPS) is 41.5. The number of esters is 1. The van der Waals surface area contributed by atoms with E-state index >= 15 is 0 Å². The molecule has 8 atom stereocenters. The summed E-state index contributed by atoms with van der Waals surface area (Å²) >= 11 is 0. The van der Waals surface area contributed by atoms with E-state index in [0.29, 0.717) is 22.9 Å². The topological polar surface area (TPSA) is 108 Å². The van der Waals surface area contributed by atoms with Crippen molar-refractivity contribution in [1.82, 2.24) is 5.16 Å². The number of nitrogens with zero attached hydrogens (tertiary/aromatic N) is 1. The predicted octanol–water partition coefficient (Wildman–Crippen LogP) is 4.90. The minimum absolute atomic E-state index is 0.0131. The number of allylic oxidation sites excluding steroid dienone is 1. The predicted molar refractivity (Wildman–Crippen MR) is 142 cm³/mol. The van der Waals surface area contributed by atoms with Crippen molar-refractivity contribution < 1.29 is 33.4 Å². The standard InChI is InChI=1S/C31H41NO7/c1-14(2)23-21(17(5)39-32-23)27(34)37-25-15(3)12-30-16(4)10-20-22(28(20,6)7)19(24(30)33)11-18-13-36-29(8,9)38-26(18)31(25,30)35/h11-12,14,16,19-20,22,25-26,35H,10,13H2,1-9H3/t16-,19+,20-,22+,25+,26-,30+,31-/m1/s1. The van der Waals surface area contributed by atoms with Crippen molar-refractivity contribution in [3.63, 3.8) is 0 Å². The van der Waals surface area contributed by atoms with Crippen LogP contribution < -0.4 is 0 Å². The molecule has 8 heteroatoms. The molecule has 8 nitrogen and oxygen atoms in total. The average molecular weight is 540 g/mol. The Balaban J connectivity index is 1.51. The molecule has 1 aliphatic heterocycles. The van der Waals surface area contributed by atoms with Gasteiger partial charge in [0.2, 0.25) is 0 Å². The monoisotopic (exact) mass is 539 g/mol. The van der Waals surface area contributed by atoms with E-state index in [2.05, 4.69) is 25.9 Å². The maximum Gasteiger partial charge on any atom is 0.344 e. The molecule has 0 aromatic carbocycles. The Hall–Kier alpha value is -2.29. The van der Waals surface area contributed by atoms with Gasteiger partial charge in [-0.25, -0.2) is 4.79 Å². The molecule has 3 fully saturated rings. The van der Waals surface area contributed by atoms with Crippen LogP contribution in [0.25, 0.3) is 0 Å². The molecule has 1 saturated heterocycles. The highest BCUT2D eigenvalue weighted by Crippen LogP contribution is 2.72. The fraction of sp³-hybridized carbons (Fsp3) is 0.710. The highest BCUT2D eigenvalue weighted by atomic mass is 16.7. The molecule has 1 aromatic heterocycles. The van der Waals surface area contributed by atoms with Crippen LogP contribution in [0.2, 0.25) is 0 Å². The Morgan fingerprint density at radius 3 is 2.56 bits per heavy atom. The van der Waals surface area contributed by atoms with Gasteiger partial charge >= 0.3 is 5.97 Å². The minimum atomic E-state index is -1.85. The zero-order valence-electron chi connectivity index (χ0n) is 24.5. The summed E-state index contributed by atoms with van der Waals surface area (Å²) in [5, 5.41) is 17.2. The molecule has 1 aromatic rings. The number of aryl methyl sites for hydroxylation is 1. The summed E-state index contributed by atoms with van der Waals surface area (Å²) in [5.41, 5.74) is -0.948. The maximum atomic E-state index is 14.8. The smallest absolute Gasteiger partial charge is 0.344 e. The molecule has 212 valence electrons. The van der Waals surface area contributed by atoms with Crippen LogP contribution in [-0.4, -0.2) is 52.2 Å². The van der Waals surface area contributed by atoms with E-state index in [0.717, 1.165) is 12.0 Å². The van der Waals surface area contributed by atoms with Gasteiger partial charge in [-0.15, -0.1) is 0 Å². The van der Waals surface area contributed by atoms with E-state index in [4.69, 9.17) is 18.7 Å². The molecule has 1 N–H and O–H groups in total. The van der Waals surface area contributed by atoms with E-state index in [1.54, 1.807) is 20.8 Å². The van der Waals surface area contributed by atoms with Crippen molar-refractivity contribution >= 4 is 11.8 Å². The van der Waals surface area contributed by atoms with Gasteiger partial charge in [0, 0.05) is 5.92 Å². The molecule has 6 rings (SSSR count).